The Bertz CT molecular complexity index is 657. The zero-order chi connectivity index (χ0) is 16.3. The third-order valence-corrected chi connectivity index (χ3v) is 3.19. The van der Waals surface area contributed by atoms with Crippen LogP contribution >= 0.6 is 0 Å². The summed E-state index contributed by atoms with van der Waals surface area (Å²) in [6.45, 7) is 3.55. The highest BCUT2D eigenvalue weighted by Gasteiger charge is 2.19. The highest BCUT2D eigenvalue weighted by Crippen LogP contribution is 2.32. The molecule has 22 heavy (non-hydrogen) atoms. The second-order valence-electron chi connectivity index (χ2n) is 4.99. The standard InChI is InChI=1S/C18H14F4/c1-11-3-7-13(8-4-11)15(19)17(21)18(22)16(20)14-9-5-12(2)6-10-14/h3-10H,1-2H3/b17-15-,18-16-. The minimum atomic E-state index is -1.85. The van der Waals surface area contributed by atoms with Crippen LogP contribution < -0.4 is 0 Å². The number of allylic oxidation sites excluding steroid dienone is 2. The van der Waals surface area contributed by atoms with Crippen LogP contribution in [-0.2, 0) is 0 Å². The molecule has 0 atom stereocenters. The number of benzene rings is 2. The lowest BCUT2D eigenvalue weighted by atomic mass is 10.1. The first-order valence-corrected chi connectivity index (χ1v) is 6.65. The zero-order valence-corrected chi connectivity index (χ0v) is 12.1. The van der Waals surface area contributed by atoms with Crippen LogP contribution in [0.25, 0.3) is 11.7 Å². The summed E-state index contributed by atoms with van der Waals surface area (Å²) in [6.07, 6.45) is 0. The van der Waals surface area contributed by atoms with Crippen LogP contribution in [0.4, 0.5) is 17.6 Å². The van der Waals surface area contributed by atoms with Gasteiger partial charge in [-0.25, -0.2) is 17.6 Å². The molecule has 0 fully saturated rings. The molecule has 0 aliphatic carbocycles. The van der Waals surface area contributed by atoms with E-state index in [0.717, 1.165) is 11.1 Å². The van der Waals surface area contributed by atoms with Crippen molar-refractivity contribution in [1.82, 2.24) is 0 Å². The summed E-state index contributed by atoms with van der Waals surface area (Å²) < 4.78 is 55.5. The van der Waals surface area contributed by atoms with Crippen molar-refractivity contribution in [2.45, 2.75) is 13.8 Å². The van der Waals surface area contributed by atoms with Crippen LogP contribution in [0.1, 0.15) is 22.3 Å². The van der Waals surface area contributed by atoms with Gasteiger partial charge in [0.2, 0.25) is 0 Å². The highest BCUT2D eigenvalue weighted by atomic mass is 19.2. The molecule has 2 aromatic carbocycles. The summed E-state index contributed by atoms with van der Waals surface area (Å²) in [4.78, 5) is 0. The molecule has 0 bridgehead atoms. The molecule has 0 aliphatic heterocycles. The molecule has 0 spiro atoms. The van der Waals surface area contributed by atoms with E-state index in [4.69, 9.17) is 0 Å². The first-order chi connectivity index (χ1) is 10.4. The van der Waals surface area contributed by atoms with Gasteiger partial charge in [0.25, 0.3) is 0 Å². The fraction of sp³-hybridized carbons (Fsp3) is 0.111. The maximum atomic E-state index is 13.9. The van der Waals surface area contributed by atoms with Crippen molar-refractivity contribution in [2.24, 2.45) is 0 Å². The summed E-state index contributed by atoms with van der Waals surface area (Å²) in [5.74, 6) is -6.55. The molecule has 0 amide bonds. The molecule has 0 aliphatic rings. The Morgan fingerprint density at radius 1 is 0.545 bits per heavy atom. The topological polar surface area (TPSA) is 0 Å². The van der Waals surface area contributed by atoms with Gasteiger partial charge in [0.1, 0.15) is 0 Å². The van der Waals surface area contributed by atoms with Crippen LogP contribution in [0.15, 0.2) is 60.2 Å². The lowest BCUT2D eigenvalue weighted by Gasteiger charge is -2.03. The van der Waals surface area contributed by atoms with Crippen LogP contribution in [-0.4, -0.2) is 0 Å². The van der Waals surface area contributed by atoms with Crippen LogP contribution in [0.5, 0.6) is 0 Å². The Hall–Kier alpha value is -2.36. The average Bonchev–Trinajstić information content (AvgIpc) is 2.53. The minimum Gasteiger partial charge on any atom is -0.203 e. The monoisotopic (exact) mass is 306 g/mol. The van der Waals surface area contributed by atoms with Crippen molar-refractivity contribution in [3.8, 4) is 0 Å². The number of hydrogen-bond donors (Lipinski definition) is 0. The molecule has 2 rings (SSSR count). The van der Waals surface area contributed by atoms with E-state index in [1.54, 1.807) is 38.1 Å². The van der Waals surface area contributed by atoms with E-state index in [-0.39, 0.29) is 11.1 Å². The molecule has 0 N–H and O–H groups in total. The van der Waals surface area contributed by atoms with Gasteiger partial charge in [-0.2, -0.15) is 0 Å². The molecule has 0 saturated carbocycles. The van der Waals surface area contributed by atoms with Gasteiger partial charge >= 0.3 is 0 Å². The van der Waals surface area contributed by atoms with Crippen molar-refractivity contribution in [3.63, 3.8) is 0 Å². The van der Waals surface area contributed by atoms with Crippen LogP contribution in [0, 0.1) is 13.8 Å². The van der Waals surface area contributed by atoms with E-state index in [1.165, 1.54) is 24.3 Å². The van der Waals surface area contributed by atoms with Gasteiger partial charge in [-0.05, 0) is 13.8 Å². The third-order valence-electron chi connectivity index (χ3n) is 3.19. The summed E-state index contributed by atoms with van der Waals surface area (Å²) in [5, 5.41) is 0. The quantitative estimate of drug-likeness (QED) is 0.466. The normalized spacial score (nSPS) is 13.5. The lowest BCUT2D eigenvalue weighted by molar-refractivity contribution is 0.519. The predicted octanol–water partition coefficient (Wildman–Crippen LogP) is 6.22. The number of aryl methyl sites for hydroxylation is 2. The zero-order valence-electron chi connectivity index (χ0n) is 12.1. The summed E-state index contributed by atoms with van der Waals surface area (Å²) in [7, 11) is 0. The molecule has 114 valence electrons. The molecule has 0 heterocycles. The number of hydrogen-bond acceptors (Lipinski definition) is 0. The Morgan fingerprint density at radius 2 is 0.818 bits per heavy atom. The lowest BCUT2D eigenvalue weighted by Crippen LogP contribution is -1.89. The van der Waals surface area contributed by atoms with Crippen LogP contribution in [0.3, 0.4) is 0 Å². The molecule has 0 saturated heterocycles. The first kappa shape index (κ1) is 16.0. The third kappa shape index (κ3) is 3.45. The minimum absolute atomic E-state index is 0.144. The predicted molar refractivity (Wildman–Crippen MR) is 80.6 cm³/mol. The van der Waals surface area contributed by atoms with Gasteiger partial charge in [0.05, 0.1) is 0 Å². The Labute approximate surface area is 126 Å². The van der Waals surface area contributed by atoms with Gasteiger partial charge in [-0.15, -0.1) is 0 Å². The van der Waals surface area contributed by atoms with Crippen LogP contribution in [0.2, 0.25) is 0 Å². The molecule has 0 unspecified atom stereocenters. The van der Waals surface area contributed by atoms with E-state index in [1.807, 2.05) is 0 Å². The second kappa shape index (κ2) is 6.60. The van der Waals surface area contributed by atoms with E-state index < -0.39 is 23.3 Å². The van der Waals surface area contributed by atoms with Gasteiger partial charge in [0.15, 0.2) is 23.3 Å². The van der Waals surface area contributed by atoms with Crippen molar-refractivity contribution in [2.75, 3.05) is 0 Å². The molecular weight excluding hydrogens is 292 g/mol. The smallest absolute Gasteiger partial charge is 0.198 e. The number of rotatable bonds is 3. The molecule has 2 aromatic rings. The van der Waals surface area contributed by atoms with E-state index in [0.29, 0.717) is 0 Å². The van der Waals surface area contributed by atoms with Gasteiger partial charge in [-0.3, -0.25) is 0 Å². The maximum absolute atomic E-state index is 13.9. The molecule has 0 radical (unpaired) electrons. The summed E-state index contributed by atoms with van der Waals surface area (Å²) in [5.41, 5.74) is 1.41. The Kier molecular flexibility index (Phi) is 4.81. The van der Waals surface area contributed by atoms with Crippen molar-refractivity contribution in [3.05, 3.63) is 82.4 Å². The Balaban J connectivity index is 2.43. The van der Waals surface area contributed by atoms with Gasteiger partial charge < -0.3 is 0 Å². The Morgan fingerprint density at radius 3 is 1.09 bits per heavy atom. The van der Waals surface area contributed by atoms with Crippen molar-refractivity contribution in [1.29, 1.82) is 0 Å². The summed E-state index contributed by atoms with van der Waals surface area (Å²) >= 11 is 0. The van der Waals surface area contributed by atoms with E-state index in [2.05, 4.69) is 0 Å². The largest absolute Gasteiger partial charge is 0.203 e. The van der Waals surface area contributed by atoms with Gasteiger partial charge in [-0.1, -0.05) is 59.7 Å². The molecular formula is C18H14F4. The fourth-order valence-electron chi connectivity index (χ4n) is 1.85. The molecule has 4 heteroatoms. The maximum Gasteiger partial charge on any atom is 0.198 e. The van der Waals surface area contributed by atoms with E-state index >= 15 is 0 Å². The van der Waals surface area contributed by atoms with Crippen molar-refractivity contribution >= 4 is 11.7 Å². The number of halogens is 4. The molecule has 0 nitrogen and oxygen atoms in total. The van der Waals surface area contributed by atoms with Gasteiger partial charge in [0, 0.05) is 11.1 Å². The SMILES string of the molecule is Cc1ccc(/C(F)=C(F)\C(F)=C(\F)c2ccc(C)cc2)cc1. The first-order valence-electron chi connectivity index (χ1n) is 6.65. The summed E-state index contributed by atoms with van der Waals surface area (Å²) in [6, 6.07) is 11.5. The average molecular weight is 306 g/mol. The van der Waals surface area contributed by atoms with E-state index in [9.17, 15) is 17.6 Å². The highest BCUT2D eigenvalue weighted by molar-refractivity contribution is 5.71. The molecule has 0 aromatic heterocycles. The van der Waals surface area contributed by atoms with Crippen molar-refractivity contribution < 1.29 is 17.6 Å². The fourth-order valence-corrected chi connectivity index (χ4v) is 1.85. The second-order valence-corrected chi connectivity index (χ2v) is 4.99.